The van der Waals surface area contributed by atoms with Crippen LogP contribution < -0.4 is 4.90 Å². The van der Waals surface area contributed by atoms with Crippen LogP contribution >= 0.6 is 11.3 Å². The molecule has 4 aromatic rings. The smallest absolute Gasteiger partial charge is 0.407 e. The van der Waals surface area contributed by atoms with Gasteiger partial charge in [-0.15, -0.1) is 0 Å². The molecule has 0 aromatic carbocycles. The predicted octanol–water partition coefficient (Wildman–Crippen LogP) is 3.72. The van der Waals surface area contributed by atoms with E-state index in [1.165, 1.54) is 18.2 Å². The summed E-state index contributed by atoms with van der Waals surface area (Å²) < 4.78 is 1.83. The highest BCUT2D eigenvalue weighted by Gasteiger charge is 2.31. The minimum atomic E-state index is -1.11. The van der Waals surface area contributed by atoms with Gasteiger partial charge in [0.05, 0.1) is 5.69 Å². The van der Waals surface area contributed by atoms with Gasteiger partial charge in [0.2, 0.25) is 5.91 Å². The second kappa shape index (κ2) is 9.33. The van der Waals surface area contributed by atoms with E-state index in [2.05, 4.69) is 54.6 Å². The lowest BCUT2D eigenvalue weighted by atomic mass is 9.96. The van der Waals surface area contributed by atoms with Crippen molar-refractivity contribution in [1.82, 2.24) is 34.4 Å². The number of nitrogens with one attached hydrogen (secondary N) is 1. The summed E-state index contributed by atoms with van der Waals surface area (Å²) >= 11 is 1.63. The number of amides is 2. The molecule has 1 atom stereocenters. The number of carbonyl (C=O) groups is 2. The number of fused-ring (bicyclic) bond motifs is 2. The van der Waals surface area contributed by atoms with Crippen LogP contribution in [0.3, 0.4) is 0 Å². The monoisotopic (exact) mass is 524 g/mol. The molecule has 0 aliphatic carbocycles. The van der Waals surface area contributed by atoms with Crippen molar-refractivity contribution in [3.05, 3.63) is 29.2 Å². The Morgan fingerprint density at radius 1 is 1.27 bits per heavy atom. The van der Waals surface area contributed by atoms with Gasteiger partial charge in [0, 0.05) is 50.0 Å². The maximum Gasteiger partial charge on any atom is 0.407 e. The number of hydrogen-bond donors (Lipinski definition) is 2. The van der Waals surface area contributed by atoms with Gasteiger partial charge >= 0.3 is 6.09 Å². The van der Waals surface area contributed by atoms with Crippen molar-refractivity contribution in [2.24, 2.45) is 0 Å². The summed E-state index contributed by atoms with van der Waals surface area (Å²) in [6, 6.07) is 0.0599. The standard InChI is InChI=1S/C25H32N8O3S/c1-13(2)19-20(17-10-33-22(26-12-27-33)16(5)15(17)4)28-23-21(19)29-24(37-23)32-8-7-31(9-14(32)3)18(34)11-30(6)25(35)36/h10,12-14,28H,7-9,11H2,1-6H3,(H,35,36)/t14-/m1/s1. The maximum atomic E-state index is 12.6. The van der Waals surface area contributed by atoms with Crippen molar-refractivity contribution in [2.75, 3.05) is 38.1 Å². The highest BCUT2D eigenvalue weighted by atomic mass is 32.1. The van der Waals surface area contributed by atoms with E-state index in [4.69, 9.17) is 10.1 Å². The van der Waals surface area contributed by atoms with Gasteiger partial charge in [0.1, 0.15) is 23.2 Å². The molecular formula is C25H32N8O3S. The molecule has 37 heavy (non-hydrogen) atoms. The lowest BCUT2D eigenvalue weighted by Crippen LogP contribution is -2.55. The Morgan fingerprint density at radius 2 is 2.03 bits per heavy atom. The van der Waals surface area contributed by atoms with Gasteiger partial charge in [-0.05, 0) is 37.8 Å². The number of carboxylic acid groups (broad SMARTS) is 1. The fourth-order valence-corrected chi connectivity index (χ4v) is 6.18. The lowest BCUT2D eigenvalue weighted by molar-refractivity contribution is -0.132. The number of anilines is 1. The topological polar surface area (TPSA) is 123 Å². The van der Waals surface area contributed by atoms with Crippen molar-refractivity contribution in [3.63, 3.8) is 0 Å². The van der Waals surface area contributed by atoms with E-state index >= 15 is 0 Å². The number of aryl methyl sites for hydroxylation is 1. The second-order valence-electron chi connectivity index (χ2n) is 10.1. The summed E-state index contributed by atoms with van der Waals surface area (Å²) in [5.41, 5.74) is 7.46. The van der Waals surface area contributed by atoms with Gasteiger partial charge in [-0.25, -0.2) is 19.3 Å². The summed E-state index contributed by atoms with van der Waals surface area (Å²) in [6.45, 7) is 12.2. The number of nitrogens with zero attached hydrogens (tertiary/aromatic N) is 7. The number of thiazole rings is 1. The zero-order valence-corrected chi connectivity index (χ0v) is 22.8. The van der Waals surface area contributed by atoms with Crippen molar-refractivity contribution in [1.29, 1.82) is 0 Å². The third kappa shape index (κ3) is 4.28. The molecule has 2 N–H and O–H groups in total. The van der Waals surface area contributed by atoms with E-state index in [1.54, 1.807) is 22.6 Å². The van der Waals surface area contributed by atoms with E-state index in [-0.39, 0.29) is 24.4 Å². The molecule has 1 aliphatic heterocycles. The summed E-state index contributed by atoms with van der Waals surface area (Å²) in [7, 11) is 1.41. The molecule has 2 amide bonds. The number of piperazine rings is 1. The Bertz CT molecular complexity index is 1500. The third-order valence-corrected chi connectivity index (χ3v) is 8.28. The van der Waals surface area contributed by atoms with Crippen molar-refractivity contribution in [2.45, 2.75) is 46.6 Å². The first-order chi connectivity index (χ1) is 17.6. The van der Waals surface area contributed by atoms with Gasteiger partial charge in [0.15, 0.2) is 10.8 Å². The number of likely N-dealkylation sites (N-methyl/N-ethyl adjacent to an activating group) is 1. The van der Waals surface area contributed by atoms with Crippen LogP contribution in [0.1, 0.15) is 43.4 Å². The SMILES string of the molecule is Cc1c(-c2[nH]c3sc(N4CCN(C(=O)CN(C)C(=O)O)C[C@H]4C)nc3c2C(C)C)cn2ncnc2c1C. The minimum Gasteiger partial charge on any atom is -0.465 e. The zero-order chi connectivity index (χ0) is 26.6. The Balaban J connectivity index is 1.44. The summed E-state index contributed by atoms with van der Waals surface area (Å²) in [6.07, 6.45) is 2.51. The average Bonchev–Trinajstić information content (AvgIpc) is 3.55. The molecule has 0 bridgehead atoms. The van der Waals surface area contributed by atoms with Crippen LogP contribution in [0.5, 0.6) is 0 Å². The Kier molecular flexibility index (Phi) is 6.30. The maximum absolute atomic E-state index is 12.6. The fourth-order valence-electron chi connectivity index (χ4n) is 5.07. The third-order valence-electron chi connectivity index (χ3n) is 7.28. The molecule has 0 saturated carbocycles. The zero-order valence-electron chi connectivity index (χ0n) is 21.9. The van der Waals surface area contributed by atoms with E-state index in [1.807, 2.05) is 10.7 Å². The quantitative estimate of drug-likeness (QED) is 0.408. The Hall–Kier alpha value is -3.67. The largest absolute Gasteiger partial charge is 0.465 e. The highest BCUT2D eigenvalue weighted by molar-refractivity contribution is 7.21. The number of carbonyl (C=O) groups excluding carboxylic acids is 1. The molecule has 1 saturated heterocycles. The van der Waals surface area contributed by atoms with E-state index in [0.717, 1.165) is 42.8 Å². The first-order valence-electron chi connectivity index (χ1n) is 12.4. The average molecular weight is 525 g/mol. The number of H-pyrrole nitrogens is 1. The van der Waals surface area contributed by atoms with E-state index in [0.29, 0.717) is 19.6 Å². The molecule has 5 rings (SSSR count). The lowest BCUT2D eigenvalue weighted by Gasteiger charge is -2.40. The molecule has 1 aliphatic rings. The van der Waals surface area contributed by atoms with Crippen LogP contribution in [0.4, 0.5) is 9.93 Å². The van der Waals surface area contributed by atoms with Crippen molar-refractivity contribution < 1.29 is 14.7 Å². The highest BCUT2D eigenvalue weighted by Crippen LogP contribution is 2.41. The number of pyridine rings is 1. The number of rotatable bonds is 5. The molecule has 12 heteroatoms. The van der Waals surface area contributed by atoms with Crippen LogP contribution in [0.15, 0.2) is 12.5 Å². The fraction of sp³-hybridized carbons (Fsp3) is 0.480. The minimum absolute atomic E-state index is 0.0599. The first-order valence-corrected chi connectivity index (χ1v) is 13.2. The number of aromatic nitrogens is 5. The number of aromatic amines is 1. The first kappa shape index (κ1) is 25.0. The molecule has 11 nitrogen and oxygen atoms in total. The molecule has 4 aromatic heterocycles. The molecule has 196 valence electrons. The van der Waals surface area contributed by atoms with Gasteiger partial charge < -0.3 is 24.8 Å². The summed E-state index contributed by atoms with van der Waals surface area (Å²) in [5, 5.41) is 14.4. The summed E-state index contributed by atoms with van der Waals surface area (Å²) in [4.78, 5) is 42.8. The van der Waals surface area contributed by atoms with Crippen molar-refractivity contribution in [3.8, 4) is 11.3 Å². The van der Waals surface area contributed by atoms with Gasteiger partial charge in [-0.3, -0.25) is 4.79 Å². The van der Waals surface area contributed by atoms with Crippen LogP contribution in [0.2, 0.25) is 0 Å². The Labute approximate surface area is 218 Å². The number of hydrogen-bond acceptors (Lipinski definition) is 7. The van der Waals surface area contributed by atoms with Gasteiger partial charge in [0.25, 0.3) is 0 Å². The van der Waals surface area contributed by atoms with Crippen LogP contribution in [0, 0.1) is 13.8 Å². The Morgan fingerprint density at radius 3 is 2.70 bits per heavy atom. The molecule has 5 heterocycles. The molecule has 1 fully saturated rings. The molecule has 0 radical (unpaired) electrons. The van der Waals surface area contributed by atoms with Crippen LogP contribution in [-0.2, 0) is 4.79 Å². The van der Waals surface area contributed by atoms with E-state index < -0.39 is 6.09 Å². The molecule has 0 spiro atoms. The van der Waals surface area contributed by atoms with Gasteiger partial charge in [-0.2, -0.15) is 5.10 Å². The normalized spacial score (nSPS) is 16.4. The van der Waals surface area contributed by atoms with Crippen molar-refractivity contribution >= 4 is 44.5 Å². The van der Waals surface area contributed by atoms with Gasteiger partial charge in [-0.1, -0.05) is 25.2 Å². The second-order valence-corrected chi connectivity index (χ2v) is 11.1. The predicted molar refractivity (Wildman–Crippen MR) is 144 cm³/mol. The van der Waals surface area contributed by atoms with Crippen LogP contribution in [0.25, 0.3) is 27.3 Å². The molecular weight excluding hydrogens is 492 g/mol. The van der Waals surface area contributed by atoms with Crippen LogP contribution in [-0.4, -0.2) is 90.7 Å². The van der Waals surface area contributed by atoms with E-state index in [9.17, 15) is 9.59 Å². The molecule has 0 unspecified atom stereocenters. The summed E-state index contributed by atoms with van der Waals surface area (Å²) in [5.74, 6) is 0.0762.